The Balaban J connectivity index is 1.88. The monoisotopic (exact) mass is 233 g/mol. The lowest BCUT2D eigenvalue weighted by atomic mass is 9.81. The van der Waals surface area contributed by atoms with Crippen LogP contribution in [0.3, 0.4) is 0 Å². The van der Waals surface area contributed by atoms with Crippen LogP contribution in [0.1, 0.15) is 30.4 Å². The van der Waals surface area contributed by atoms with Gasteiger partial charge in [-0.05, 0) is 81.9 Å². The van der Waals surface area contributed by atoms with Gasteiger partial charge >= 0.3 is 0 Å². The van der Waals surface area contributed by atoms with Crippen LogP contribution in [0, 0.1) is 5.92 Å². The van der Waals surface area contributed by atoms with E-state index >= 15 is 0 Å². The first-order valence-electron chi connectivity index (χ1n) is 6.60. The number of aromatic hydroxyl groups is 1. The molecule has 1 aliphatic rings. The van der Waals surface area contributed by atoms with E-state index in [1.807, 2.05) is 12.1 Å². The van der Waals surface area contributed by atoms with Crippen molar-refractivity contribution in [1.82, 2.24) is 4.90 Å². The molecule has 0 heterocycles. The van der Waals surface area contributed by atoms with Gasteiger partial charge < -0.3 is 10.0 Å². The molecule has 1 unspecified atom stereocenters. The van der Waals surface area contributed by atoms with Crippen molar-refractivity contribution in [2.75, 3.05) is 20.6 Å². The van der Waals surface area contributed by atoms with Gasteiger partial charge in [0.15, 0.2) is 0 Å². The van der Waals surface area contributed by atoms with Gasteiger partial charge in [-0.2, -0.15) is 0 Å². The molecule has 1 atom stereocenters. The average Bonchev–Trinajstić information content (AvgIpc) is 2.29. The van der Waals surface area contributed by atoms with Crippen molar-refractivity contribution in [3.8, 4) is 5.75 Å². The number of phenolic OH excluding ortho intramolecular Hbond substituents is 1. The van der Waals surface area contributed by atoms with Crippen molar-refractivity contribution in [2.24, 2.45) is 5.92 Å². The van der Waals surface area contributed by atoms with Crippen LogP contribution in [-0.2, 0) is 12.8 Å². The van der Waals surface area contributed by atoms with Gasteiger partial charge in [0.2, 0.25) is 0 Å². The molecular weight excluding hydrogens is 210 g/mol. The number of hydrogen-bond donors (Lipinski definition) is 1. The van der Waals surface area contributed by atoms with E-state index in [0.717, 1.165) is 12.3 Å². The van der Waals surface area contributed by atoms with E-state index in [-0.39, 0.29) is 0 Å². The third-order valence-corrected chi connectivity index (χ3v) is 3.74. The summed E-state index contributed by atoms with van der Waals surface area (Å²) in [5.41, 5.74) is 2.80. The molecule has 0 bridgehead atoms. The summed E-state index contributed by atoms with van der Waals surface area (Å²) in [5, 5.41) is 9.45. The Morgan fingerprint density at radius 1 is 1.29 bits per heavy atom. The van der Waals surface area contributed by atoms with Crippen LogP contribution in [0.25, 0.3) is 0 Å². The smallest absolute Gasteiger partial charge is 0.115 e. The predicted molar refractivity (Wildman–Crippen MR) is 71.4 cm³/mol. The summed E-state index contributed by atoms with van der Waals surface area (Å²) < 4.78 is 0. The number of nitrogens with zero attached hydrogens (tertiary/aromatic N) is 1. The first-order chi connectivity index (χ1) is 8.15. The normalized spacial score (nSPS) is 19.4. The van der Waals surface area contributed by atoms with E-state index in [9.17, 15) is 5.11 Å². The Morgan fingerprint density at radius 3 is 2.88 bits per heavy atom. The summed E-state index contributed by atoms with van der Waals surface area (Å²) in [6, 6.07) is 5.86. The number of phenols is 1. The van der Waals surface area contributed by atoms with E-state index in [4.69, 9.17) is 0 Å². The van der Waals surface area contributed by atoms with Crippen molar-refractivity contribution >= 4 is 0 Å². The predicted octanol–water partition coefficient (Wildman–Crippen LogP) is 2.84. The van der Waals surface area contributed by atoms with Crippen molar-refractivity contribution in [3.05, 3.63) is 29.3 Å². The first-order valence-corrected chi connectivity index (χ1v) is 6.60. The van der Waals surface area contributed by atoms with Gasteiger partial charge in [-0.25, -0.2) is 0 Å². The summed E-state index contributed by atoms with van der Waals surface area (Å²) in [4.78, 5) is 2.26. The summed E-state index contributed by atoms with van der Waals surface area (Å²) in [5.74, 6) is 1.25. The average molecular weight is 233 g/mol. The molecule has 0 aromatic heterocycles. The van der Waals surface area contributed by atoms with E-state index < -0.39 is 0 Å². The Bertz CT molecular complexity index is 373. The van der Waals surface area contributed by atoms with Crippen molar-refractivity contribution < 1.29 is 5.11 Å². The molecule has 0 amide bonds. The number of hydrogen-bond acceptors (Lipinski definition) is 2. The SMILES string of the molecule is CN(C)CCCC1CCc2cc(O)ccc2C1. The minimum atomic E-state index is 0.412. The lowest BCUT2D eigenvalue weighted by molar-refractivity contribution is 0.349. The molecule has 0 fully saturated rings. The summed E-state index contributed by atoms with van der Waals surface area (Å²) in [6.45, 7) is 1.19. The molecule has 2 heteroatoms. The molecule has 1 N–H and O–H groups in total. The Hall–Kier alpha value is -1.02. The second-order valence-corrected chi connectivity index (χ2v) is 5.51. The zero-order valence-corrected chi connectivity index (χ0v) is 10.9. The van der Waals surface area contributed by atoms with Gasteiger partial charge in [0.1, 0.15) is 5.75 Å². The maximum atomic E-state index is 9.45. The number of rotatable bonds is 4. The van der Waals surface area contributed by atoms with Gasteiger partial charge in [0, 0.05) is 0 Å². The quantitative estimate of drug-likeness (QED) is 0.864. The zero-order valence-electron chi connectivity index (χ0n) is 10.9. The minimum Gasteiger partial charge on any atom is -0.508 e. The van der Waals surface area contributed by atoms with Crippen LogP contribution in [0.15, 0.2) is 18.2 Å². The van der Waals surface area contributed by atoms with Crippen molar-refractivity contribution in [2.45, 2.75) is 32.1 Å². The van der Waals surface area contributed by atoms with E-state index in [0.29, 0.717) is 5.75 Å². The van der Waals surface area contributed by atoms with Crippen LogP contribution >= 0.6 is 0 Å². The standard InChI is InChI=1S/C15H23NO/c1-16(2)9-3-4-12-5-6-14-11-15(17)8-7-13(14)10-12/h7-8,11-12,17H,3-6,9-10H2,1-2H3. The molecule has 0 aliphatic heterocycles. The molecule has 17 heavy (non-hydrogen) atoms. The molecule has 94 valence electrons. The molecule has 2 nitrogen and oxygen atoms in total. The summed E-state index contributed by atoms with van der Waals surface area (Å²) in [6.07, 6.45) is 6.24. The van der Waals surface area contributed by atoms with E-state index in [2.05, 4.69) is 25.1 Å². The number of benzene rings is 1. The van der Waals surface area contributed by atoms with Gasteiger partial charge in [0.05, 0.1) is 0 Å². The van der Waals surface area contributed by atoms with Gasteiger partial charge in [-0.15, -0.1) is 0 Å². The molecule has 2 rings (SSSR count). The first kappa shape index (κ1) is 12.4. The van der Waals surface area contributed by atoms with E-state index in [1.54, 1.807) is 0 Å². The molecular formula is C15H23NO. The van der Waals surface area contributed by atoms with Crippen LogP contribution in [0.5, 0.6) is 5.75 Å². The topological polar surface area (TPSA) is 23.5 Å². The lowest BCUT2D eigenvalue weighted by Crippen LogP contribution is -2.18. The molecule has 1 aromatic rings. The van der Waals surface area contributed by atoms with Crippen LogP contribution in [0.2, 0.25) is 0 Å². The maximum absolute atomic E-state index is 9.45. The highest BCUT2D eigenvalue weighted by Gasteiger charge is 2.18. The Labute approximate surface area is 104 Å². The van der Waals surface area contributed by atoms with E-state index in [1.165, 1.54) is 43.4 Å². The van der Waals surface area contributed by atoms with Gasteiger partial charge in [-0.1, -0.05) is 6.07 Å². The third-order valence-electron chi connectivity index (χ3n) is 3.74. The molecule has 0 saturated carbocycles. The maximum Gasteiger partial charge on any atom is 0.115 e. The fourth-order valence-corrected chi connectivity index (χ4v) is 2.76. The number of aryl methyl sites for hydroxylation is 1. The van der Waals surface area contributed by atoms with Gasteiger partial charge in [0.25, 0.3) is 0 Å². The lowest BCUT2D eigenvalue weighted by Gasteiger charge is -2.25. The zero-order chi connectivity index (χ0) is 12.3. The molecule has 0 radical (unpaired) electrons. The summed E-state index contributed by atoms with van der Waals surface area (Å²) >= 11 is 0. The van der Waals surface area contributed by atoms with Crippen LogP contribution in [-0.4, -0.2) is 30.6 Å². The van der Waals surface area contributed by atoms with Crippen LogP contribution < -0.4 is 0 Å². The number of fused-ring (bicyclic) bond motifs is 1. The van der Waals surface area contributed by atoms with Crippen molar-refractivity contribution in [3.63, 3.8) is 0 Å². The summed E-state index contributed by atoms with van der Waals surface area (Å²) in [7, 11) is 4.28. The second kappa shape index (κ2) is 5.54. The molecule has 1 aliphatic carbocycles. The molecule has 0 spiro atoms. The fraction of sp³-hybridized carbons (Fsp3) is 0.600. The highest BCUT2D eigenvalue weighted by atomic mass is 16.3. The Morgan fingerprint density at radius 2 is 2.12 bits per heavy atom. The second-order valence-electron chi connectivity index (χ2n) is 5.51. The Kier molecular flexibility index (Phi) is 4.06. The highest BCUT2D eigenvalue weighted by Crippen LogP contribution is 2.30. The highest BCUT2D eigenvalue weighted by molar-refractivity contribution is 5.36. The van der Waals surface area contributed by atoms with Crippen LogP contribution in [0.4, 0.5) is 0 Å². The third kappa shape index (κ3) is 3.47. The largest absolute Gasteiger partial charge is 0.508 e. The molecule has 0 saturated heterocycles. The molecule has 1 aromatic carbocycles. The van der Waals surface area contributed by atoms with Gasteiger partial charge in [-0.3, -0.25) is 0 Å². The van der Waals surface area contributed by atoms with Crippen molar-refractivity contribution in [1.29, 1.82) is 0 Å². The minimum absolute atomic E-state index is 0.412. The fourth-order valence-electron chi connectivity index (χ4n) is 2.76.